The molecule has 0 radical (unpaired) electrons. The molecule has 0 unspecified atom stereocenters. The molecule has 3 rings (SSSR count). The van der Waals surface area contributed by atoms with E-state index in [4.69, 9.17) is 4.42 Å². The SMILES string of the molecule is C/C(=C(/F)C(=O)N1CCC(c2cnco2)CC1)C1CC1. The van der Waals surface area contributed by atoms with Gasteiger partial charge in [-0.15, -0.1) is 0 Å². The number of halogens is 1. The molecule has 1 aliphatic heterocycles. The number of carbonyl (C=O) groups is 1. The van der Waals surface area contributed by atoms with E-state index in [1.807, 2.05) is 0 Å². The second-order valence-electron chi connectivity index (χ2n) is 5.74. The number of allylic oxidation sites excluding steroid dienone is 1. The highest BCUT2D eigenvalue weighted by atomic mass is 19.1. The molecule has 0 bridgehead atoms. The van der Waals surface area contributed by atoms with Gasteiger partial charge in [-0.05, 0) is 44.1 Å². The van der Waals surface area contributed by atoms with E-state index in [0.29, 0.717) is 24.6 Å². The zero-order valence-corrected chi connectivity index (χ0v) is 11.6. The fraction of sp³-hybridized carbons (Fsp3) is 0.600. The van der Waals surface area contributed by atoms with Gasteiger partial charge in [-0.25, -0.2) is 9.37 Å². The Morgan fingerprint density at radius 1 is 1.35 bits per heavy atom. The fourth-order valence-corrected chi connectivity index (χ4v) is 2.80. The number of likely N-dealkylation sites (tertiary alicyclic amines) is 1. The van der Waals surface area contributed by atoms with Crippen LogP contribution in [0, 0.1) is 5.92 Å². The maximum Gasteiger partial charge on any atom is 0.282 e. The second kappa shape index (κ2) is 5.38. The number of rotatable bonds is 3. The molecule has 0 spiro atoms. The molecule has 1 saturated carbocycles. The van der Waals surface area contributed by atoms with Gasteiger partial charge in [-0.3, -0.25) is 4.79 Å². The van der Waals surface area contributed by atoms with E-state index in [1.54, 1.807) is 18.0 Å². The van der Waals surface area contributed by atoms with E-state index in [9.17, 15) is 9.18 Å². The van der Waals surface area contributed by atoms with Crippen molar-refractivity contribution < 1.29 is 13.6 Å². The molecule has 20 heavy (non-hydrogen) atoms. The molecule has 0 aromatic carbocycles. The van der Waals surface area contributed by atoms with Gasteiger partial charge in [0.15, 0.2) is 12.2 Å². The van der Waals surface area contributed by atoms with Crippen molar-refractivity contribution in [1.29, 1.82) is 0 Å². The van der Waals surface area contributed by atoms with Gasteiger partial charge in [-0.1, -0.05) is 0 Å². The van der Waals surface area contributed by atoms with Crippen molar-refractivity contribution in [2.24, 2.45) is 5.92 Å². The normalized spacial score (nSPS) is 21.8. The minimum absolute atomic E-state index is 0.290. The lowest BCUT2D eigenvalue weighted by atomic mass is 9.94. The predicted octanol–water partition coefficient (Wildman–Crippen LogP) is 3.03. The van der Waals surface area contributed by atoms with Crippen LogP contribution in [0.4, 0.5) is 4.39 Å². The first-order valence-electron chi connectivity index (χ1n) is 7.20. The minimum Gasteiger partial charge on any atom is -0.448 e. The van der Waals surface area contributed by atoms with Gasteiger partial charge >= 0.3 is 0 Å². The number of nitrogens with zero attached hydrogens (tertiary/aromatic N) is 2. The molecule has 5 heteroatoms. The number of oxazole rings is 1. The fourth-order valence-electron chi connectivity index (χ4n) is 2.80. The van der Waals surface area contributed by atoms with Gasteiger partial charge < -0.3 is 9.32 Å². The van der Waals surface area contributed by atoms with E-state index in [1.165, 1.54) is 6.39 Å². The summed E-state index contributed by atoms with van der Waals surface area (Å²) in [6, 6.07) is 0. The Hall–Kier alpha value is -1.65. The average molecular weight is 278 g/mol. The Balaban J connectivity index is 1.60. The summed E-state index contributed by atoms with van der Waals surface area (Å²) >= 11 is 0. The van der Waals surface area contributed by atoms with Crippen molar-refractivity contribution in [1.82, 2.24) is 9.88 Å². The number of aromatic nitrogens is 1. The topological polar surface area (TPSA) is 46.3 Å². The molecule has 0 atom stereocenters. The van der Waals surface area contributed by atoms with E-state index in [0.717, 1.165) is 31.4 Å². The largest absolute Gasteiger partial charge is 0.448 e. The van der Waals surface area contributed by atoms with Crippen LogP contribution in [0.3, 0.4) is 0 Å². The lowest BCUT2D eigenvalue weighted by molar-refractivity contribution is -0.129. The van der Waals surface area contributed by atoms with Crippen LogP contribution < -0.4 is 0 Å². The van der Waals surface area contributed by atoms with Gasteiger partial charge in [0.2, 0.25) is 0 Å². The Bertz CT molecular complexity index is 512. The van der Waals surface area contributed by atoms with Crippen LogP contribution in [0.2, 0.25) is 0 Å². The zero-order valence-electron chi connectivity index (χ0n) is 11.6. The van der Waals surface area contributed by atoms with E-state index in [-0.39, 0.29) is 5.92 Å². The highest BCUT2D eigenvalue weighted by Crippen LogP contribution is 2.38. The van der Waals surface area contributed by atoms with Gasteiger partial charge in [0.05, 0.1) is 6.20 Å². The maximum absolute atomic E-state index is 14.1. The molecule has 4 nitrogen and oxygen atoms in total. The van der Waals surface area contributed by atoms with Crippen LogP contribution in [0.1, 0.15) is 44.3 Å². The maximum atomic E-state index is 14.1. The molecule has 1 aromatic heterocycles. The summed E-state index contributed by atoms with van der Waals surface area (Å²) in [7, 11) is 0. The monoisotopic (exact) mass is 278 g/mol. The number of carbonyl (C=O) groups excluding carboxylic acids is 1. The number of amides is 1. The molecule has 1 aromatic rings. The second-order valence-corrected chi connectivity index (χ2v) is 5.74. The Kier molecular flexibility index (Phi) is 3.59. The summed E-state index contributed by atoms with van der Waals surface area (Å²) in [4.78, 5) is 17.7. The molecule has 2 heterocycles. The first-order chi connectivity index (χ1) is 9.66. The highest BCUT2D eigenvalue weighted by molar-refractivity contribution is 5.92. The van der Waals surface area contributed by atoms with E-state index < -0.39 is 11.7 Å². The molecule has 108 valence electrons. The first-order valence-corrected chi connectivity index (χ1v) is 7.20. The minimum atomic E-state index is -0.536. The highest BCUT2D eigenvalue weighted by Gasteiger charge is 2.32. The van der Waals surface area contributed by atoms with E-state index >= 15 is 0 Å². The third-order valence-electron chi connectivity index (χ3n) is 4.36. The van der Waals surface area contributed by atoms with Crippen LogP contribution >= 0.6 is 0 Å². The lowest BCUT2D eigenvalue weighted by Crippen LogP contribution is -2.38. The first kappa shape index (κ1) is 13.3. The van der Waals surface area contributed by atoms with Crippen molar-refractivity contribution in [3.8, 4) is 0 Å². The summed E-state index contributed by atoms with van der Waals surface area (Å²) in [6.07, 6.45) is 6.78. The predicted molar refractivity (Wildman–Crippen MR) is 71.6 cm³/mol. The van der Waals surface area contributed by atoms with Gasteiger partial charge in [0.1, 0.15) is 5.76 Å². The third-order valence-corrected chi connectivity index (χ3v) is 4.36. The van der Waals surface area contributed by atoms with Crippen LogP contribution in [-0.2, 0) is 4.79 Å². The van der Waals surface area contributed by atoms with Crippen LogP contribution in [-0.4, -0.2) is 28.9 Å². The van der Waals surface area contributed by atoms with Crippen LogP contribution in [0.15, 0.2) is 28.4 Å². The molecule has 0 N–H and O–H groups in total. The molecule has 2 aliphatic rings. The zero-order chi connectivity index (χ0) is 14.1. The molecule has 1 aliphatic carbocycles. The molecule has 2 fully saturated rings. The Morgan fingerprint density at radius 3 is 2.60 bits per heavy atom. The van der Waals surface area contributed by atoms with Crippen molar-refractivity contribution in [2.75, 3.05) is 13.1 Å². The quantitative estimate of drug-likeness (QED) is 0.798. The van der Waals surface area contributed by atoms with Crippen LogP contribution in [0.5, 0.6) is 0 Å². The summed E-state index contributed by atoms with van der Waals surface area (Å²) in [5, 5.41) is 0. The van der Waals surface area contributed by atoms with Crippen molar-refractivity contribution >= 4 is 5.91 Å². The smallest absolute Gasteiger partial charge is 0.282 e. The molecule has 1 amide bonds. The van der Waals surface area contributed by atoms with Crippen molar-refractivity contribution in [2.45, 2.75) is 38.5 Å². The third kappa shape index (κ3) is 2.62. The standard InChI is InChI=1S/C15H19FN2O2/c1-10(11-2-3-11)14(16)15(19)18-6-4-12(5-7-18)13-8-17-9-20-13/h8-9,11-12H,2-7H2,1H3/b14-10-. The Morgan fingerprint density at radius 2 is 2.05 bits per heavy atom. The Labute approximate surface area is 117 Å². The van der Waals surface area contributed by atoms with Crippen molar-refractivity contribution in [3.05, 3.63) is 29.8 Å². The summed E-state index contributed by atoms with van der Waals surface area (Å²) in [6.45, 7) is 2.90. The molecule has 1 saturated heterocycles. The van der Waals surface area contributed by atoms with Crippen molar-refractivity contribution in [3.63, 3.8) is 0 Å². The van der Waals surface area contributed by atoms with Gasteiger partial charge in [-0.2, -0.15) is 0 Å². The lowest BCUT2D eigenvalue weighted by Gasteiger charge is -2.30. The van der Waals surface area contributed by atoms with E-state index in [2.05, 4.69) is 4.98 Å². The van der Waals surface area contributed by atoms with Crippen LogP contribution in [0.25, 0.3) is 0 Å². The number of piperidine rings is 1. The number of hydrogen-bond acceptors (Lipinski definition) is 3. The van der Waals surface area contributed by atoms with Gasteiger partial charge in [0.25, 0.3) is 5.91 Å². The molecular formula is C15H19FN2O2. The average Bonchev–Trinajstić information content (AvgIpc) is 3.20. The summed E-state index contributed by atoms with van der Waals surface area (Å²) in [5.74, 6) is 0.474. The number of hydrogen-bond donors (Lipinski definition) is 0. The van der Waals surface area contributed by atoms with Gasteiger partial charge in [0, 0.05) is 19.0 Å². The summed E-state index contributed by atoms with van der Waals surface area (Å²) in [5.41, 5.74) is 0.632. The molecular weight excluding hydrogens is 259 g/mol. The summed E-state index contributed by atoms with van der Waals surface area (Å²) < 4.78 is 19.4.